The molecule has 0 saturated carbocycles. The SMILES string of the molecule is CCC(C)(O)CNc1nc(Cl)ncc1N. The largest absolute Gasteiger partial charge is 0.394 e. The fraction of sp³-hybridized carbons (Fsp3) is 0.556. The van der Waals surface area contributed by atoms with E-state index in [1.54, 1.807) is 6.92 Å². The highest BCUT2D eigenvalue weighted by Crippen LogP contribution is 2.17. The first kappa shape index (κ1) is 12.0. The van der Waals surface area contributed by atoms with Crippen LogP contribution in [-0.2, 0) is 0 Å². The van der Waals surface area contributed by atoms with Crippen LogP contribution in [0.5, 0.6) is 0 Å². The summed E-state index contributed by atoms with van der Waals surface area (Å²) in [4.78, 5) is 7.65. The lowest BCUT2D eigenvalue weighted by molar-refractivity contribution is 0.0697. The van der Waals surface area contributed by atoms with Gasteiger partial charge in [0.05, 0.1) is 17.5 Å². The van der Waals surface area contributed by atoms with Gasteiger partial charge in [-0.05, 0) is 24.9 Å². The number of aromatic nitrogens is 2. The molecule has 0 saturated heterocycles. The van der Waals surface area contributed by atoms with E-state index in [1.165, 1.54) is 6.20 Å². The maximum absolute atomic E-state index is 9.77. The summed E-state index contributed by atoms with van der Waals surface area (Å²) in [6.45, 7) is 4.00. The lowest BCUT2D eigenvalue weighted by Crippen LogP contribution is -2.32. The van der Waals surface area contributed by atoms with Gasteiger partial charge in [0.2, 0.25) is 5.28 Å². The van der Waals surface area contributed by atoms with Crippen LogP contribution in [0.25, 0.3) is 0 Å². The van der Waals surface area contributed by atoms with E-state index >= 15 is 0 Å². The summed E-state index contributed by atoms with van der Waals surface area (Å²) in [5, 5.41) is 12.8. The number of hydrogen-bond donors (Lipinski definition) is 3. The third kappa shape index (κ3) is 3.53. The van der Waals surface area contributed by atoms with Crippen LogP contribution < -0.4 is 11.1 Å². The van der Waals surface area contributed by atoms with Gasteiger partial charge in [0.25, 0.3) is 0 Å². The number of halogens is 1. The number of nitrogens with zero attached hydrogens (tertiary/aromatic N) is 2. The Morgan fingerprint density at radius 1 is 1.67 bits per heavy atom. The van der Waals surface area contributed by atoms with Crippen LogP contribution in [0.1, 0.15) is 20.3 Å². The van der Waals surface area contributed by atoms with Crippen molar-refractivity contribution in [1.82, 2.24) is 9.97 Å². The first-order chi connectivity index (χ1) is 6.94. The van der Waals surface area contributed by atoms with Gasteiger partial charge < -0.3 is 16.2 Å². The number of nitrogens with one attached hydrogen (secondary N) is 1. The third-order valence-electron chi connectivity index (χ3n) is 2.19. The molecule has 0 aliphatic rings. The zero-order valence-electron chi connectivity index (χ0n) is 8.79. The number of aliphatic hydroxyl groups is 1. The molecule has 84 valence electrons. The molecular weight excluding hydrogens is 216 g/mol. The second-order valence-corrected chi connectivity index (χ2v) is 3.99. The summed E-state index contributed by atoms with van der Waals surface area (Å²) in [5.74, 6) is 0.448. The Balaban J connectivity index is 2.69. The van der Waals surface area contributed by atoms with Crippen molar-refractivity contribution < 1.29 is 5.11 Å². The van der Waals surface area contributed by atoms with Gasteiger partial charge in [0.1, 0.15) is 0 Å². The normalized spacial score (nSPS) is 14.7. The van der Waals surface area contributed by atoms with Gasteiger partial charge in [-0.3, -0.25) is 0 Å². The zero-order valence-corrected chi connectivity index (χ0v) is 9.54. The van der Waals surface area contributed by atoms with Crippen molar-refractivity contribution in [2.75, 3.05) is 17.6 Å². The minimum Gasteiger partial charge on any atom is -0.394 e. The molecule has 1 unspecified atom stereocenters. The number of rotatable bonds is 4. The van der Waals surface area contributed by atoms with E-state index < -0.39 is 5.60 Å². The highest BCUT2D eigenvalue weighted by molar-refractivity contribution is 6.28. The molecule has 0 aliphatic heterocycles. The van der Waals surface area contributed by atoms with E-state index in [4.69, 9.17) is 17.3 Å². The van der Waals surface area contributed by atoms with E-state index in [1.807, 2.05) is 6.92 Å². The standard InChI is InChI=1S/C9H15ClN4O/c1-3-9(2,15)5-13-7-6(11)4-12-8(10)14-7/h4,15H,3,5,11H2,1-2H3,(H,12,13,14). The fourth-order valence-corrected chi connectivity index (χ4v) is 1.04. The zero-order chi connectivity index (χ0) is 11.5. The van der Waals surface area contributed by atoms with Crippen molar-refractivity contribution >= 4 is 23.1 Å². The van der Waals surface area contributed by atoms with Gasteiger partial charge >= 0.3 is 0 Å². The molecular formula is C9H15ClN4O. The molecule has 0 radical (unpaired) electrons. The summed E-state index contributed by atoms with van der Waals surface area (Å²) in [7, 11) is 0. The van der Waals surface area contributed by atoms with Crippen LogP contribution in [0.15, 0.2) is 6.20 Å². The van der Waals surface area contributed by atoms with Crippen molar-refractivity contribution in [2.24, 2.45) is 0 Å². The van der Waals surface area contributed by atoms with Gasteiger partial charge in [-0.15, -0.1) is 0 Å². The molecule has 1 aromatic heterocycles. The molecule has 0 aromatic carbocycles. The Morgan fingerprint density at radius 2 is 2.33 bits per heavy atom. The molecule has 0 amide bonds. The molecule has 1 aromatic rings. The van der Waals surface area contributed by atoms with Crippen LogP contribution in [-0.4, -0.2) is 27.2 Å². The molecule has 4 N–H and O–H groups in total. The van der Waals surface area contributed by atoms with Gasteiger partial charge in [-0.2, -0.15) is 4.98 Å². The van der Waals surface area contributed by atoms with Crippen LogP contribution in [0.4, 0.5) is 11.5 Å². The average Bonchev–Trinajstić information content (AvgIpc) is 2.20. The number of nitrogen functional groups attached to an aromatic ring is 1. The molecule has 0 fully saturated rings. The molecule has 6 heteroatoms. The molecule has 0 aliphatic carbocycles. The monoisotopic (exact) mass is 230 g/mol. The minimum absolute atomic E-state index is 0.128. The van der Waals surface area contributed by atoms with E-state index in [0.717, 1.165) is 0 Å². The summed E-state index contributed by atoms with van der Waals surface area (Å²) < 4.78 is 0. The molecule has 0 spiro atoms. The molecule has 0 bridgehead atoms. The first-order valence-corrected chi connectivity index (χ1v) is 5.06. The predicted molar refractivity (Wildman–Crippen MR) is 60.9 cm³/mol. The summed E-state index contributed by atoms with van der Waals surface area (Å²) in [5.41, 5.74) is 5.25. The summed E-state index contributed by atoms with van der Waals surface area (Å²) in [6, 6.07) is 0. The quantitative estimate of drug-likeness (QED) is 0.679. The number of anilines is 2. The van der Waals surface area contributed by atoms with Crippen LogP contribution in [0.2, 0.25) is 5.28 Å². The molecule has 1 atom stereocenters. The Morgan fingerprint density at radius 3 is 2.93 bits per heavy atom. The Labute approximate surface area is 93.7 Å². The van der Waals surface area contributed by atoms with Crippen LogP contribution in [0.3, 0.4) is 0 Å². The van der Waals surface area contributed by atoms with Gasteiger partial charge in [0.15, 0.2) is 5.82 Å². The van der Waals surface area contributed by atoms with Crippen molar-refractivity contribution in [1.29, 1.82) is 0 Å². The van der Waals surface area contributed by atoms with E-state index in [2.05, 4.69) is 15.3 Å². The van der Waals surface area contributed by atoms with Gasteiger partial charge in [0, 0.05) is 6.54 Å². The van der Waals surface area contributed by atoms with Crippen LogP contribution in [0, 0.1) is 0 Å². The van der Waals surface area contributed by atoms with Crippen molar-refractivity contribution in [3.8, 4) is 0 Å². The minimum atomic E-state index is -0.788. The van der Waals surface area contributed by atoms with Crippen molar-refractivity contribution in [2.45, 2.75) is 25.9 Å². The van der Waals surface area contributed by atoms with Gasteiger partial charge in [-0.25, -0.2) is 4.98 Å². The third-order valence-corrected chi connectivity index (χ3v) is 2.37. The van der Waals surface area contributed by atoms with Gasteiger partial charge in [-0.1, -0.05) is 6.92 Å². The summed E-state index contributed by atoms with van der Waals surface area (Å²) in [6.07, 6.45) is 2.07. The Bertz CT molecular complexity index is 343. The maximum atomic E-state index is 9.77. The lowest BCUT2D eigenvalue weighted by Gasteiger charge is -2.22. The molecule has 5 nitrogen and oxygen atoms in total. The lowest BCUT2D eigenvalue weighted by atomic mass is 10.0. The van der Waals surface area contributed by atoms with E-state index in [9.17, 15) is 5.11 Å². The van der Waals surface area contributed by atoms with Crippen molar-refractivity contribution in [3.05, 3.63) is 11.5 Å². The van der Waals surface area contributed by atoms with E-state index in [-0.39, 0.29) is 5.28 Å². The Kier molecular flexibility index (Phi) is 3.71. The molecule has 1 heterocycles. The first-order valence-electron chi connectivity index (χ1n) is 4.69. The van der Waals surface area contributed by atoms with Crippen LogP contribution >= 0.6 is 11.6 Å². The Hall–Kier alpha value is -1.07. The summed E-state index contributed by atoms with van der Waals surface area (Å²) >= 11 is 5.62. The molecule has 15 heavy (non-hydrogen) atoms. The number of hydrogen-bond acceptors (Lipinski definition) is 5. The average molecular weight is 231 g/mol. The van der Waals surface area contributed by atoms with E-state index in [0.29, 0.717) is 24.5 Å². The highest BCUT2D eigenvalue weighted by atomic mass is 35.5. The second-order valence-electron chi connectivity index (χ2n) is 3.65. The number of nitrogens with two attached hydrogens (primary N) is 1. The van der Waals surface area contributed by atoms with Crippen molar-refractivity contribution in [3.63, 3.8) is 0 Å². The fourth-order valence-electron chi connectivity index (χ4n) is 0.910. The maximum Gasteiger partial charge on any atom is 0.224 e. The highest BCUT2D eigenvalue weighted by Gasteiger charge is 2.17. The predicted octanol–water partition coefficient (Wildman–Crippen LogP) is 1.29. The smallest absolute Gasteiger partial charge is 0.224 e. The molecule has 1 rings (SSSR count). The topological polar surface area (TPSA) is 84.1 Å². The second kappa shape index (κ2) is 4.63.